The third-order valence-corrected chi connectivity index (χ3v) is 5.09. The summed E-state index contributed by atoms with van der Waals surface area (Å²) in [6.07, 6.45) is 3.04. The SMILES string of the molecule is O=C(CCc1ccccc1Cl)N1CCN(c2nccs2)CC1. The Morgan fingerprint density at radius 2 is 2.00 bits per heavy atom. The van der Waals surface area contributed by atoms with Gasteiger partial charge in [-0.05, 0) is 18.1 Å². The van der Waals surface area contributed by atoms with Gasteiger partial charge < -0.3 is 9.80 Å². The van der Waals surface area contributed by atoms with Crippen LogP contribution in [0.3, 0.4) is 0 Å². The van der Waals surface area contributed by atoms with Crippen LogP contribution in [0.15, 0.2) is 35.8 Å². The lowest BCUT2D eigenvalue weighted by atomic mass is 10.1. The number of carbonyl (C=O) groups is 1. The van der Waals surface area contributed by atoms with Crippen molar-refractivity contribution in [3.05, 3.63) is 46.4 Å². The van der Waals surface area contributed by atoms with E-state index >= 15 is 0 Å². The van der Waals surface area contributed by atoms with Gasteiger partial charge in [0, 0.05) is 49.2 Å². The van der Waals surface area contributed by atoms with Crippen molar-refractivity contribution >= 4 is 34.0 Å². The molecular weight excluding hydrogens is 318 g/mol. The molecule has 4 nitrogen and oxygen atoms in total. The quantitative estimate of drug-likeness (QED) is 0.861. The van der Waals surface area contributed by atoms with Crippen LogP contribution in [0.5, 0.6) is 0 Å². The van der Waals surface area contributed by atoms with Crippen LogP contribution in [-0.4, -0.2) is 42.0 Å². The molecule has 1 aliphatic rings. The van der Waals surface area contributed by atoms with Crippen molar-refractivity contribution in [1.29, 1.82) is 0 Å². The number of piperazine rings is 1. The zero-order valence-corrected chi connectivity index (χ0v) is 13.8. The lowest BCUT2D eigenvalue weighted by molar-refractivity contribution is -0.131. The Bertz CT molecular complexity index is 624. The van der Waals surface area contributed by atoms with Crippen molar-refractivity contribution in [3.8, 4) is 0 Å². The molecule has 3 rings (SSSR count). The van der Waals surface area contributed by atoms with E-state index in [0.29, 0.717) is 12.8 Å². The number of aryl methyl sites for hydroxylation is 1. The smallest absolute Gasteiger partial charge is 0.223 e. The fourth-order valence-electron chi connectivity index (χ4n) is 2.62. The van der Waals surface area contributed by atoms with Gasteiger partial charge in [-0.25, -0.2) is 4.98 Å². The van der Waals surface area contributed by atoms with Gasteiger partial charge in [-0.2, -0.15) is 0 Å². The molecule has 116 valence electrons. The first-order chi connectivity index (χ1) is 10.7. The number of rotatable bonds is 4. The van der Waals surface area contributed by atoms with Crippen LogP contribution in [-0.2, 0) is 11.2 Å². The predicted octanol–water partition coefficient (Wildman–Crippen LogP) is 3.08. The van der Waals surface area contributed by atoms with E-state index in [0.717, 1.165) is 41.9 Å². The van der Waals surface area contributed by atoms with E-state index in [1.54, 1.807) is 11.3 Å². The first-order valence-corrected chi connectivity index (χ1v) is 8.65. The second-order valence-corrected chi connectivity index (χ2v) is 6.55. The van der Waals surface area contributed by atoms with E-state index in [2.05, 4.69) is 9.88 Å². The van der Waals surface area contributed by atoms with Gasteiger partial charge in [0.25, 0.3) is 0 Å². The molecule has 2 heterocycles. The normalized spacial score (nSPS) is 15.1. The molecule has 22 heavy (non-hydrogen) atoms. The van der Waals surface area contributed by atoms with E-state index in [4.69, 9.17) is 11.6 Å². The molecule has 6 heteroatoms. The number of halogens is 1. The lowest BCUT2D eigenvalue weighted by Gasteiger charge is -2.34. The number of thiazole rings is 1. The monoisotopic (exact) mass is 335 g/mol. The summed E-state index contributed by atoms with van der Waals surface area (Å²) in [6.45, 7) is 3.23. The third-order valence-electron chi connectivity index (χ3n) is 3.89. The first kappa shape index (κ1) is 15.3. The molecule has 1 aromatic heterocycles. The van der Waals surface area contributed by atoms with Crippen LogP contribution in [0.25, 0.3) is 0 Å². The molecule has 1 amide bonds. The van der Waals surface area contributed by atoms with Gasteiger partial charge >= 0.3 is 0 Å². The van der Waals surface area contributed by atoms with Crippen molar-refractivity contribution in [3.63, 3.8) is 0 Å². The second kappa shape index (κ2) is 7.11. The number of benzene rings is 1. The standard InChI is InChI=1S/C16H18ClN3OS/c17-14-4-2-1-3-13(14)5-6-15(21)19-8-10-20(11-9-19)16-18-7-12-22-16/h1-4,7,12H,5-6,8-11H2. The molecule has 2 aromatic rings. The Kier molecular flexibility index (Phi) is 4.95. The van der Waals surface area contributed by atoms with Gasteiger partial charge in [0.1, 0.15) is 0 Å². The van der Waals surface area contributed by atoms with Crippen LogP contribution in [0.4, 0.5) is 5.13 Å². The second-order valence-electron chi connectivity index (χ2n) is 5.27. The molecular formula is C16H18ClN3OS. The van der Waals surface area contributed by atoms with Crippen molar-refractivity contribution < 1.29 is 4.79 Å². The summed E-state index contributed by atoms with van der Waals surface area (Å²) in [6, 6.07) is 7.72. The predicted molar refractivity (Wildman–Crippen MR) is 90.7 cm³/mol. The average molecular weight is 336 g/mol. The molecule has 0 atom stereocenters. The number of hydrogen-bond acceptors (Lipinski definition) is 4. The van der Waals surface area contributed by atoms with Crippen molar-refractivity contribution in [2.75, 3.05) is 31.1 Å². The van der Waals surface area contributed by atoms with E-state index in [9.17, 15) is 4.79 Å². The highest BCUT2D eigenvalue weighted by Gasteiger charge is 2.22. The van der Waals surface area contributed by atoms with Crippen LogP contribution < -0.4 is 4.90 Å². The minimum atomic E-state index is 0.207. The maximum atomic E-state index is 12.3. The Morgan fingerprint density at radius 3 is 2.68 bits per heavy atom. The zero-order chi connectivity index (χ0) is 15.4. The van der Waals surface area contributed by atoms with E-state index in [1.165, 1.54) is 0 Å². The maximum absolute atomic E-state index is 12.3. The molecule has 0 spiro atoms. The van der Waals surface area contributed by atoms with Gasteiger partial charge in [0.2, 0.25) is 5.91 Å². The van der Waals surface area contributed by atoms with Gasteiger partial charge in [0.15, 0.2) is 5.13 Å². The summed E-state index contributed by atoms with van der Waals surface area (Å²) >= 11 is 7.78. The minimum absolute atomic E-state index is 0.207. The summed E-state index contributed by atoms with van der Waals surface area (Å²) in [7, 11) is 0. The molecule has 1 saturated heterocycles. The summed E-state index contributed by atoms with van der Waals surface area (Å²) in [4.78, 5) is 20.8. The number of amides is 1. The molecule has 0 aliphatic carbocycles. The van der Waals surface area contributed by atoms with Gasteiger partial charge in [-0.1, -0.05) is 29.8 Å². The summed E-state index contributed by atoms with van der Waals surface area (Å²) in [5.74, 6) is 0.207. The lowest BCUT2D eigenvalue weighted by Crippen LogP contribution is -2.48. The largest absolute Gasteiger partial charge is 0.345 e. The van der Waals surface area contributed by atoms with Crippen LogP contribution in [0, 0.1) is 0 Å². The third kappa shape index (κ3) is 3.59. The summed E-state index contributed by atoms with van der Waals surface area (Å²) in [5.41, 5.74) is 1.04. The van der Waals surface area contributed by atoms with E-state index in [1.807, 2.05) is 40.7 Å². The fraction of sp³-hybridized carbons (Fsp3) is 0.375. The number of carbonyl (C=O) groups excluding carboxylic acids is 1. The van der Waals surface area contributed by atoms with E-state index < -0.39 is 0 Å². The molecule has 0 saturated carbocycles. The molecule has 1 fully saturated rings. The Labute approximate surface area is 139 Å². The Hall–Kier alpha value is -1.59. The number of nitrogens with zero attached hydrogens (tertiary/aromatic N) is 3. The first-order valence-electron chi connectivity index (χ1n) is 7.39. The van der Waals surface area contributed by atoms with Crippen molar-refractivity contribution in [1.82, 2.24) is 9.88 Å². The van der Waals surface area contributed by atoms with Gasteiger partial charge in [-0.15, -0.1) is 11.3 Å². The van der Waals surface area contributed by atoms with Crippen molar-refractivity contribution in [2.45, 2.75) is 12.8 Å². The Morgan fingerprint density at radius 1 is 1.23 bits per heavy atom. The average Bonchev–Trinajstić information content (AvgIpc) is 3.08. The summed E-state index contributed by atoms with van der Waals surface area (Å²) < 4.78 is 0. The molecule has 1 aromatic carbocycles. The minimum Gasteiger partial charge on any atom is -0.345 e. The molecule has 1 aliphatic heterocycles. The number of aromatic nitrogens is 1. The highest BCUT2D eigenvalue weighted by atomic mass is 35.5. The number of anilines is 1. The zero-order valence-electron chi connectivity index (χ0n) is 12.2. The van der Waals surface area contributed by atoms with Crippen molar-refractivity contribution in [2.24, 2.45) is 0 Å². The molecule has 0 radical (unpaired) electrons. The highest BCUT2D eigenvalue weighted by molar-refractivity contribution is 7.13. The number of hydrogen-bond donors (Lipinski definition) is 0. The highest BCUT2D eigenvalue weighted by Crippen LogP contribution is 2.20. The fourth-order valence-corrected chi connectivity index (χ4v) is 3.55. The van der Waals surface area contributed by atoms with Gasteiger partial charge in [-0.3, -0.25) is 4.79 Å². The van der Waals surface area contributed by atoms with Gasteiger partial charge in [0.05, 0.1) is 0 Å². The van der Waals surface area contributed by atoms with Crippen LogP contribution >= 0.6 is 22.9 Å². The van der Waals surface area contributed by atoms with Crippen LogP contribution in [0.2, 0.25) is 5.02 Å². The van der Waals surface area contributed by atoms with Crippen LogP contribution in [0.1, 0.15) is 12.0 Å². The van der Waals surface area contributed by atoms with E-state index in [-0.39, 0.29) is 5.91 Å². The molecule has 0 N–H and O–H groups in total. The topological polar surface area (TPSA) is 36.4 Å². The summed E-state index contributed by atoms with van der Waals surface area (Å²) in [5, 5.41) is 3.77. The molecule has 0 unspecified atom stereocenters. The Balaban J connectivity index is 1.49. The molecule has 0 bridgehead atoms. The maximum Gasteiger partial charge on any atom is 0.223 e.